The zero-order chi connectivity index (χ0) is 19.6. The number of nitrogens with one attached hydrogen (secondary N) is 2. The lowest BCUT2D eigenvalue weighted by molar-refractivity contribution is -0.131. The summed E-state index contributed by atoms with van der Waals surface area (Å²) in [5.74, 6) is 0.731. The summed E-state index contributed by atoms with van der Waals surface area (Å²) in [6.45, 7) is 10.1. The molecule has 7 nitrogen and oxygen atoms in total. The monoisotopic (exact) mass is 393 g/mol. The van der Waals surface area contributed by atoms with Gasteiger partial charge in [-0.1, -0.05) is 0 Å². The van der Waals surface area contributed by atoms with Crippen LogP contribution in [0.4, 0.5) is 0 Å². The molecular weight excluding hydrogens is 362 g/mol. The molecule has 0 atom stereocenters. The van der Waals surface area contributed by atoms with E-state index in [0.29, 0.717) is 32.0 Å². The lowest BCUT2D eigenvalue weighted by Gasteiger charge is -2.26. The van der Waals surface area contributed by atoms with Gasteiger partial charge in [-0.05, 0) is 44.2 Å². The quantitative estimate of drug-likeness (QED) is 0.518. The maximum atomic E-state index is 12.5. The number of carbonyl (C=O) groups is 2. The number of hydrogen-bond acceptors (Lipinski definition) is 4. The average molecular weight is 394 g/mol. The highest BCUT2D eigenvalue weighted by atomic mass is 32.1. The minimum absolute atomic E-state index is 0.0308. The highest BCUT2D eigenvalue weighted by Crippen LogP contribution is 2.23. The van der Waals surface area contributed by atoms with Gasteiger partial charge < -0.3 is 20.4 Å². The van der Waals surface area contributed by atoms with E-state index < -0.39 is 0 Å². The number of hydrogen-bond donors (Lipinski definition) is 2. The van der Waals surface area contributed by atoms with E-state index in [1.807, 2.05) is 30.6 Å². The van der Waals surface area contributed by atoms with Gasteiger partial charge in [0.2, 0.25) is 11.8 Å². The van der Waals surface area contributed by atoms with E-state index in [4.69, 9.17) is 0 Å². The van der Waals surface area contributed by atoms with E-state index in [9.17, 15) is 9.59 Å². The summed E-state index contributed by atoms with van der Waals surface area (Å²) in [6, 6.07) is 2.10. The fourth-order valence-corrected chi connectivity index (χ4v) is 3.96. The lowest BCUT2D eigenvalue weighted by atomic mass is 10.1. The number of guanidine groups is 1. The summed E-state index contributed by atoms with van der Waals surface area (Å²) in [5.41, 5.74) is 1.25. The van der Waals surface area contributed by atoms with Crippen molar-refractivity contribution in [2.45, 2.75) is 40.2 Å². The third-order valence-electron chi connectivity index (χ3n) is 4.62. The summed E-state index contributed by atoms with van der Waals surface area (Å²) in [4.78, 5) is 34.0. The van der Waals surface area contributed by atoms with Gasteiger partial charge in [0, 0.05) is 50.6 Å². The van der Waals surface area contributed by atoms with E-state index in [1.54, 1.807) is 11.3 Å². The summed E-state index contributed by atoms with van der Waals surface area (Å²) >= 11 is 1.76. The summed E-state index contributed by atoms with van der Waals surface area (Å²) in [5, 5.41) is 8.36. The first kappa shape index (κ1) is 21.2. The number of rotatable bonds is 8. The topological polar surface area (TPSA) is 77.0 Å². The summed E-state index contributed by atoms with van der Waals surface area (Å²) < 4.78 is 0. The minimum atomic E-state index is 0.0308. The SMILES string of the molecule is CCNC(=NCC(=O)N1CCc2sccc2C1)NCCC(=O)N(CC)CC. The Labute approximate surface area is 165 Å². The molecule has 2 N–H and O–H groups in total. The van der Waals surface area contributed by atoms with Crippen LogP contribution in [0.1, 0.15) is 37.6 Å². The molecule has 0 aliphatic carbocycles. The molecular formula is C19H31N5O2S. The first-order valence-electron chi connectivity index (χ1n) is 9.71. The standard InChI is InChI=1S/C19H31N5O2S/c1-4-20-19(21-10-7-17(25)23(5-2)6-3)22-13-18(26)24-11-8-16-15(14-24)9-12-27-16/h9,12H,4-8,10-11,13-14H2,1-3H3,(H2,20,21,22). The predicted molar refractivity (Wildman–Crippen MR) is 110 cm³/mol. The van der Waals surface area contributed by atoms with Crippen molar-refractivity contribution in [1.29, 1.82) is 0 Å². The van der Waals surface area contributed by atoms with Crippen LogP contribution >= 0.6 is 11.3 Å². The zero-order valence-electron chi connectivity index (χ0n) is 16.6. The predicted octanol–water partition coefficient (Wildman–Crippen LogP) is 1.45. The highest BCUT2D eigenvalue weighted by molar-refractivity contribution is 7.10. The number of fused-ring (bicyclic) bond motifs is 1. The van der Waals surface area contributed by atoms with E-state index in [0.717, 1.165) is 26.1 Å². The van der Waals surface area contributed by atoms with E-state index in [-0.39, 0.29) is 18.4 Å². The van der Waals surface area contributed by atoms with Crippen molar-refractivity contribution in [1.82, 2.24) is 20.4 Å². The molecule has 1 aliphatic rings. The van der Waals surface area contributed by atoms with E-state index >= 15 is 0 Å². The Bertz CT molecular complexity index is 654. The maximum absolute atomic E-state index is 12.5. The Hall–Kier alpha value is -2.09. The Morgan fingerprint density at radius 3 is 2.74 bits per heavy atom. The number of thiophene rings is 1. The molecule has 0 aromatic carbocycles. The van der Waals surface area contributed by atoms with Gasteiger partial charge in [0.15, 0.2) is 5.96 Å². The van der Waals surface area contributed by atoms with Crippen molar-refractivity contribution in [2.75, 3.05) is 39.3 Å². The van der Waals surface area contributed by atoms with Crippen LogP contribution in [0, 0.1) is 0 Å². The largest absolute Gasteiger partial charge is 0.357 e. The molecule has 1 aromatic heterocycles. The average Bonchev–Trinajstić information content (AvgIpc) is 3.14. The molecule has 1 aromatic rings. The molecule has 2 rings (SSSR count). The van der Waals surface area contributed by atoms with Gasteiger partial charge in [0.05, 0.1) is 0 Å². The molecule has 1 aliphatic heterocycles. The van der Waals surface area contributed by atoms with Crippen LogP contribution in [0.15, 0.2) is 16.4 Å². The van der Waals surface area contributed by atoms with Crippen LogP contribution in [0.2, 0.25) is 0 Å². The van der Waals surface area contributed by atoms with Crippen LogP contribution < -0.4 is 10.6 Å². The van der Waals surface area contributed by atoms with Crippen molar-refractivity contribution in [3.63, 3.8) is 0 Å². The molecule has 0 saturated heterocycles. The fourth-order valence-electron chi connectivity index (χ4n) is 3.07. The lowest BCUT2D eigenvalue weighted by Crippen LogP contribution is -2.41. The Kier molecular flexibility index (Phi) is 8.57. The molecule has 0 unspecified atom stereocenters. The van der Waals surface area contributed by atoms with E-state index in [1.165, 1.54) is 10.4 Å². The van der Waals surface area contributed by atoms with Crippen molar-refractivity contribution in [2.24, 2.45) is 4.99 Å². The van der Waals surface area contributed by atoms with Gasteiger partial charge in [-0.25, -0.2) is 4.99 Å². The van der Waals surface area contributed by atoms with E-state index in [2.05, 4.69) is 27.1 Å². The van der Waals surface area contributed by atoms with Gasteiger partial charge in [-0.15, -0.1) is 11.3 Å². The van der Waals surface area contributed by atoms with Crippen LogP contribution in [-0.4, -0.2) is 66.8 Å². The zero-order valence-corrected chi connectivity index (χ0v) is 17.4. The number of nitrogens with zero attached hydrogens (tertiary/aromatic N) is 3. The van der Waals surface area contributed by atoms with Crippen molar-refractivity contribution < 1.29 is 9.59 Å². The molecule has 150 valence electrons. The van der Waals surface area contributed by atoms with Crippen molar-refractivity contribution in [3.8, 4) is 0 Å². The van der Waals surface area contributed by atoms with Gasteiger partial charge in [-0.3, -0.25) is 9.59 Å². The highest BCUT2D eigenvalue weighted by Gasteiger charge is 2.21. The third-order valence-corrected chi connectivity index (χ3v) is 5.65. The molecule has 2 heterocycles. The van der Waals surface area contributed by atoms with Crippen LogP contribution in [-0.2, 0) is 22.6 Å². The Morgan fingerprint density at radius 1 is 1.26 bits per heavy atom. The van der Waals surface area contributed by atoms with Gasteiger partial charge in [-0.2, -0.15) is 0 Å². The maximum Gasteiger partial charge on any atom is 0.244 e. The van der Waals surface area contributed by atoms with Gasteiger partial charge >= 0.3 is 0 Å². The second kappa shape index (κ2) is 10.9. The smallest absolute Gasteiger partial charge is 0.244 e. The molecule has 0 spiro atoms. The normalized spacial score (nSPS) is 13.9. The molecule has 0 bridgehead atoms. The molecule has 8 heteroatoms. The Balaban J connectivity index is 1.82. The third kappa shape index (κ3) is 6.23. The number of amides is 2. The number of aliphatic imine (C=N–C) groups is 1. The molecule has 27 heavy (non-hydrogen) atoms. The van der Waals surface area contributed by atoms with Crippen molar-refractivity contribution in [3.05, 3.63) is 21.9 Å². The molecule has 0 fully saturated rings. The Morgan fingerprint density at radius 2 is 2.04 bits per heavy atom. The van der Waals surface area contributed by atoms with Crippen LogP contribution in [0.3, 0.4) is 0 Å². The fraction of sp³-hybridized carbons (Fsp3) is 0.632. The second-order valence-electron chi connectivity index (χ2n) is 6.37. The molecule has 0 radical (unpaired) electrons. The van der Waals surface area contributed by atoms with Gasteiger partial charge in [0.1, 0.15) is 6.54 Å². The van der Waals surface area contributed by atoms with Gasteiger partial charge in [0.25, 0.3) is 0 Å². The molecule has 0 saturated carbocycles. The summed E-state index contributed by atoms with van der Waals surface area (Å²) in [7, 11) is 0. The molecule has 2 amide bonds. The van der Waals surface area contributed by atoms with Crippen LogP contribution in [0.25, 0.3) is 0 Å². The minimum Gasteiger partial charge on any atom is -0.357 e. The second-order valence-corrected chi connectivity index (χ2v) is 7.37. The van der Waals surface area contributed by atoms with Crippen molar-refractivity contribution >= 4 is 29.1 Å². The van der Waals surface area contributed by atoms with Crippen LogP contribution in [0.5, 0.6) is 0 Å². The first-order valence-corrected chi connectivity index (χ1v) is 10.6. The first-order chi connectivity index (χ1) is 13.1. The summed E-state index contributed by atoms with van der Waals surface area (Å²) in [6.07, 6.45) is 1.33. The number of carbonyl (C=O) groups excluding carboxylic acids is 2.